The van der Waals surface area contributed by atoms with Gasteiger partial charge in [0.25, 0.3) is 5.91 Å². The Morgan fingerprint density at radius 2 is 1.85 bits per heavy atom. The van der Waals surface area contributed by atoms with E-state index in [9.17, 15) is 24.6 Å². The number of rotatable bonds is 8. The van der Waals surface area contributed by atoms with Gasteiger partial charge in [0.1, 0.15) is 11.6 Å². The number of nitrogens with one attached hydrogen (secondary N) is 2. The number of aliphatic hydroxyl groups is 1. The number of carboxylic acid groups (broad SMARTS) is 1. The van der Waals surface area contributed by atoms with Crippen LogP contribution >= 0.6 is 0 Å². The van der Waals surface area contributed by atoms with Crippen LogP contribution in [0.3, 0.4) is 0 Å². The lowest BCUT2D eigenvalue weighted by atomic mass is 9.46. The number of terminal acetylenes is 1. The first-order valence-corrected chi connectivity index (χ1v) is 14.2. The van der Waals surface area contributed by atoms with Crippen LogP contribution in [-0.4, -0.2) is 58.5 Å². The van der Waals surface area contributed by atoms with E-state index in [2.05, 4.69) is 41.6 Å². The van der Waals surface area contributed by atoms with Crippen molar-refractivity contribution < 1.29 is 29.4 Å². The second-order valence-electron chi connectivity index (χ2n) is 12.8. The minimum Gasteiger partial charge on any atom is -0.480 e. The molecule has 4 aliphatic rings. The number of aliphatic carboxylic acids is 1. The van der Waals surface area contributed by atoms with E-state index in [0.29, 0.717) is 24.2 Å². The molecule has 0 bridgehead atoms. The molecule has 0 saturated heterocycles. The summed E-state index contributed by atoms with van der Waals surface area (Å²) in [5.41, 5.74) is 1.10. The fourth-order valence-corrected chi connectivity index (χ4v) is 8.04. The summed E-state index contributed by atoms with van der Waals surface area (Å²) in [6.45, 7) is 7.31. The molecule has 0 heterocycles. The van der Waals surface area contributed by atoms with Gasteiger partial charge in [-0.25, -0.2) is 4.79 Å². The zero-order valence-electron chi connectivity index (χ0n) is 23.6. The van der Waals surface area contributed by atoms with Gasteiger partial charge in [-0.2, -0.15) is 0 Å². The number of carbonyl (C=O) groups is 3. The van der Waals surface area contributed by atoms with Crippen LogP contribution in [0.4, 0.5) is 0 Å². The van der Waals surface area contributed by atoms with E-state index in [1.165, 1.54) is 5.57 Å². The maximum atomic E-state index is 12.1. The molecule has 0 aromatic carbocycles. The summed E-state index contributed by atoms with van der Waals surface area (Å²) in [7, 11) is 0. The summed E-state index contributed by atoms with van der Waals surface area (Å²) in [5.74, 6) is 1.85. The molecule has 0 aromatic rings. The van der Waals surface area contributed by atoms with Gasteiger partial charge in [0.2, 0.25) is 5.91 Å². The standard InChI is InChI=1S/C30H43N3O6/c1-6-30(38)14-11-23-21-8-7-19-15-20(9-12-28(19,4)22(21)10-13-29(23,30)5)33-39-17-25(35)31-16-24(34)32-26(18(2)3)27(36)37/h1,15,18,21-23,26,38H,7-14,16-17H2,2-5H3,(H,31,35)(H,32,34)(H,36,37)/b33-20-/t21-,22+,23+,26-,28+,29+,30-/m1/s1. The molecule has 214 valence electrons. The van der Waals surface area contributed by atoms with E-state index < -0.39 is 29.4 Å². The van der Waals surface area contributed by atoms with E-state index in [0.717, 1.165) is 50.7 Å². The van der Waals surface area contributed by atoms with Gasteiger partial charge in [-0.15, -0.1) is 6.42 Å². The van der Waals surface area contributed by atoms with Crippen LogP contribution in [0, 0.1) is 46.8 Å². The molecule has 0 aromatic heterocycles. The van der Waals surface area contributed by atoms with Crippen molar-refractivity contribution in [2.45, 2.75) is 90.7 Å². The highest BCUT2D eigenvalue weighted by Gasteiger charge is 2.63. The highest BCUT2D eigenvalue weighted by Crippen LogP contribution is 2.67. The SMILES string of the molecule is C#C[C@@]1(O)CC[C@H]2[C@@H]3CCC4=C/C(=N\OCC(=O)NCC(=O)N[C@@H](C(=O)O)C(C)C)CC[C@]4(C)[C@H]3CC[C@@]21C. The summed E-state index contributed by atoms with van der Waals surface area (Å²) in [4.78, 5) is 40.6. The second-order valence-corrected chi connectivity index (χ2v) is 12.8. The van der Waals surface area contributed by atoms with Gasteiger partial charge in [-0.05, 0) is 86.5 Å². The lowest BCUT2D eigenvalue weighted by Gasteiger charge is -2.58. The van der Waals surface area contributed by atoms with Crippen LogP contribution in [-0.2, 0) is 19.2 Å². The van der Waals surface area contributed by atoms with Crippen molar-refractivity contribution in [1.29, 1.82) is 0 Å². The first kappa shape index (κ1) is 29.1. The largest absolute Gasteiger partial charge is 0.480 e. The predicted octanol–water partition coefficient (Wildman–Crippen LogP) is 3.03. The summed E-state index contributed by atoms with van der Waals surface area (Å²) in [6.07, 6.45) is 15.5. The average Bonchev–Trinajstić information content (AvgIpc) is 3.16. The zero-order valence-corrected chi connectivity index (χ0v) is 23.6. The summed E-state index contributed by atoms with van der Waals surface area (Å²) >= 11 is 0. The number of amides is 2. The Labute approximate surface area is 231 Å². The fourth-order valence-electron chi connectivity index (χ4n) is 8.04. The van der Waals surface area contributed by atoms with Crippen LogP contribution < -0.4 is 10.6 Å². The van der Waals surface area contributed by atoms with Gasteiger partial charge in [-0.3, -0.25) is 9.59 Å². The molecule has 9 heteroatoms. The van der Waals surface area contributed by atoms with Gasteiger partial charge < -0.3 is 25.7 Å². The maximum Gasteiger partial charge on any atom is 0.326 e. The topological polar surface area (TPSA) is 137 Å². The Kier molecular flexibility index (Phi) is 8.18. The molecule has 2 amide bonds. The number of nitrogens with zero attached hydrogens (tertiary/aromatic N) is 1. The monoisotopic (exact) mass is 541 g/mol. The van der Waals surface area contributed by atoms with Crippen LogP contribution in [0.2, 0.25) is 0 Å². The molecule has 4 rings (SSSR count). The Balaban J connectivity index is 1.31. The third-order valence-electron chi connectivity index (χ3n) is 10.4. The van der Waals surface area contributed by atoms with Crippen LogP contribution in [0.25, 0.3) is 0 Å². The number of allylic oxidation sites excluding steroid dienone is 2. The molecule has 0 unspecified atom stereocenters. The van der Waals surface area contributed by atoms with Crippen LogP contribution in [0.15, 0.2) is 16.8 Å². The Morgan fingerprint density at radius 1 is 1.13 bits per heavy atom. The number of fused-ring (bicyclic) bond motifs is 5. The van der Waals surface area contributed by atoms with Crippen molar-refractivity contribution in [3.05, 3.63) is 11.6 Å². The molecule has 3 saturated carbocycles. The Bertz CT molecular complexity index is 1110. The van der Waals surface area contributed by atoms with Crippen molar-refractivity contribution in [2.24, 2.45) is 39.7 Å². The summed E-state index contributed by atoms with van der Waals surface area (Å²) < 4.78 is 0. The van der Waals surface area contributed by atoms with Gasteiger partial charge in [0.15, 0.2) is 6.61 Å². The van der Waals surface area contributed by atoms with E-state index in [-0.39, 0.29) is 29.9 Å². The maximum absolute atomic E-state index is 12.1. The molecular weight excluding hydrogens is 498 g/mol. The van der Waals surface area contributed by atoms with E-state index >= 15 is 0 Å². The number of carbonyl (C=O) groups excluding carboxylic acids is 2. The number of oxime groups is 1. The van der Waals surface area contributed by atoms with E-state index in [4.69, 9.17) is 11.3 Å². The van der Waals surface area contributed by atoms with Gasteiger partial charge in [0, 0.05) is 5.41 Å². The molecular formula is C30H43N3O6. The lowest BCUT2D eigenvalue weighted by Crippen LogP contribution is -2.54. The van der Waals surface area contributed by atoms with Gasteiger partial charge >= 0.3 is 5.97 Å². The third kappa shape index (κ3) is 5.32. The van der Waals surface area contributed by atoms with Crippen molar-refractivity contribution in [2.75, 3.05) is 13.2 Å². The Morgan fingerprint density at radius 3 is 2.51 bits per heavy atom. The molecule has 4 aliphatic carbocycles. The molecule has 39 heavy (non-hydrogen) atoms. The van der Waals surface area contributed by atoms with Crippen LogP contribution in [0.1, 0.15) is 79.1 Å². The molecule has 9 nitrogen and oxygen atoms in total. The number of carboxylic acids is 1. The summed E-state index contributed by atoms with van der Waals surface area (Å²) in [5, 5.41) is 29.4. The fraction of sp³-hybridized carbons (Fsp3) is 0.733. The summed E-state index contributed by atoms with van der Waals surface area (Å²) in [6, 6.07) is -1.01. The smallest absolute Gasteiger partial charge is 0.326 e. The lowest BCUT2D eigenvalue weighted by molar-refractivity contribution is -0.143. The molecule has 0 spiro atoms. The second kappa shape index (κ2) is 11.0. The molecule has 0 aliphatic heterocycles. The first-order chi connectivity index (χ1) is 18.3. The van der Waals surface area contributed by atoms with E-state index in [1.54, 1.807) is 13.8 Å². The van der Waals surface area contributed by atoms with Gasteiger partial charge in [-0.1, -0.05) is 44.3 Å². The molecule has 4 N–H and O–H groups in total. The number of hydrogen-bond donors (Lipinski definition) is 4. The number of hydrogen-bond acceptors (Lipinski definition) is 6. The van der Waals surface area contributed by atoms with Crippen LogP contribution in [0.5, 0.6) is 0 Å². The Hall–Kier alpha value is -2.86. The van der Waals surface area contributed by atoms with Crippen molar-refractivity contribution in [3.63, 3.8) is 0 Å². The molecule has 7 atom stereocenters. The molecule has 0 radical (unpaired) electrons. The van der Waals surface area contributed by atoms with Gasteiger partial charge in [0.05, 0.1) is 12.3 Å². The highest BCUT2D eigenvalue weighted by molar-refractivity contribution is 5.96. The van der Waals surface area contributed by atoms with Crippen molar-refractivity contribution in [1.82, 2.24) is 10.6 Å². The highest BCUT2D eigenvalue weighted by atomic mass is 16.6. The normalized spacial score (nSPS) is 37.0. The minimum absolute atomic E-state index is 0.0919. The molecule has 3 fully saturated rings. The predicted molar refractivity (Wildman–Crippen MR) is 146 cm³/mol. The quantitative estimate of drug-likeness (QED) is 0.275. The van der Waals surface area contributed by atoms with Crippen molar-refractivity contribution in [3.8, 4) is 12.3 Å². The van der Waals surface area contributed by atoms with Crippen molar-refractivity contribution >= 4 is 23.5 Å². The third-order valence-corrected chi connectivity index (χ3v) is 10.4. The minimum atomic E-state index is -1.12. The zero-order chi connectivity index (χ0) is 28.6. The van der Waals surface area contributed by atoms with E-state index in [1.807, 2.05) is 0 Å². The average molecular weight is 542 g/mol. The first-order valence-electron chi connectivity index (χ1n) is 14.2.